The van der Waals surface area contributed by atoms with Gasteiger partial charge >= 0.3 is 0 Å². The molecule has 16 heavy (non-hydrogen) atoms. The van der Waals surface area contributed by atoms with Gasteiger partial charge in [-0.15, -0.1) is 0 Å². The summed E-state index contributed by atoms with van der Waals surface area (Å²) in [5.41, 5.74) is -0.364. The molecular weight excluding hydrogens is 216 g/mol. The lowest BCUT2D eigenvalue weighted by Crippen LogP contribution is -2.15. The molecule has 0 atom stereocenters. The minimum atomic E-state index is -1.17. The number of nitrogens with zero attached hydrogens (tertiary/aromatic N) is 1. The fourth-order valence-electron chi connectivity index (χ4n) is 1.19. The lowest BCUT2D eigenvalue weighted by molar-refractivity contribution is 0.102. The van der Waals surface area contributed by atoms with E-state index in [9.17, 15) is 13.6 Å². The number of hydrogen-bond donors (Lipinski definition) is 2. The zero-order chi connectivity index (χ0) is 11.5. The van der Waals surface area contributed by atoms with E-state index in [1.165, 1.54) is 24.5 Å². The number of imidazole rings is 1. The molecule has 1 amide bonds. The molecule has 0 saturated carbocycles. The molecule has 2 N–H and O–H groups in total. The summed E-state index contributed by atoms with van der Waals surface area (Å²) in [4.78, 5) is 17.9. The number of carbonyl (C=O) groups is 1. The number of halogens is 2. The fourth-order valence-corrected chi connectivity index (χ4v) is 1.19. The van der Waals surface area contributed by atoms with Gasteiger partial charge in [0.25, 0.3) is 5.91 Å². The van der Waals surface area contributed by atoms with Crippen LogP contribution in [0.4, 0.5) is 14.7 Å². The summed E-state index contributed by atoms with van der Waals surface area (Å²) in [7, 11) is 0. The maximum atomic E-state index is 13.2. The van der Waals surface area contributed by atoms with Crippen LogP contribution in [0.3, 0.4) is 0 Å². The maximum absolute atomic E-state index is 13.2. The van der Waals surface area contributed by atoms with E-state index in [2.05, 4.69) is 15.3 Å². The molecule has 2 aromatic rings. The quantitative estimate of drug-likeness (QED) is 0.817. The van der Waals surface area contributed by atoms with Gasteiger partial charge < -0.3 is 4.98 Å². The van der Waals surface area contributed by atoms with Crippen LogP contribution in [0, 0.1) is 11.6 Å². The van der Waals surface area contributed by atoms with Gasteiger partial charge in [0.05, 0.1) is 5.56 Å². The molecule has 0 saturated heterocycles. The van der Waals surface area contributed by atoms with Crippen molar-refractivity contribution in [3.63, 3.8) is 0 Å². The van der Waals surface area contributed by atoms with Crippen LogP contribution >= 0.6 is 0 Å². The van der Waals surface area contributed by atoms with Crippen molar-refractivity contribution in [1.29, 1.82) is 0 Å². The van der Waals surface area contributed by atoms with Crippen molar-refractivity contribution in [2.45, 2.75) is 0 Å². The second-order valence-electron chi connectivity index (χ2n) is 2.99. The predicted molar refractivity (Wildman–Crippen MR) is 52.9 cm³/mol. The van der Waals surface area contributed by atoms with Gasteiger partial charge in [-0.05, 0) is 12.1 Å². The van der Waals surface area contributed by atoms with E-state index in [0.29, 0.717) is 0 Å². The Balaban J connectivity index is 2.24. The minimum absolute atomic E-state index is 0.175. The average Bonchev–Trinajstić information content (AvgIpc) is 2.74. The van der Waals surface area contributed by atoms with Crippen molar-refractivity contribution in [2.75, 3.05) is 5.32 Å². The van der Waals surface area contributed by atoms with Crippen molar-refractivity contribution in [1.82, 2.24) is 9.97 Å². The molecule has 0 aliphatic heterocycles. The smallest absolute Gasteiger partial charge is 0.261 e. The molecule has 1 aromatic heterocycles. The lowest BCUT2D eigenvalue weighted by atomic mass is 10.2. The lowest BCUT2D eigenvalue weighted by Gasteiger charge is -2.03. The molecule has 0 fully saturated rings. The van der Waals surface area contributed by atoms with E-state index in [4.69, 9.17) is 0 Å². The Kier molecular flexibility index (Phi) is 2.63. The molecule has 6 heteroatoms. The largest absolute Gasteiger partial charge is 0.331 e. The van der Waals surface area contributed by atoms with Crippen LogP contribution in [0.2, 0.25) is 0 Å². The topological polar surface area (TPSA) is 57.8 Å². The van der Waals surface area contributed by atoms with Crippen LogP contribution in [0.25, 0.3) is 0 Å². The van der Waals surface area contributed by atoms with Crippen molar-refractivity contribution in [3.8, 4) is 0 Å². The van der Waals surface area contributed by atoms with E-state index in [0.717, 1.165) is 6.07 Å². The Morgan fingerprint density at radius 2 is 2.19 bits per heavy atom. The first-order valence-electron chi connectivity index (χ1n) is 4.43. The Hall–Kier alpha value is -2.24. The van der Waals surface area contributed by atoms with Crippen molar-refractivity contribution in [2.24, 2.45) is 0 Å². The molecule has 0 spiro atoms. The molecule has 2 rings (SSSR count). The van der Waals surface area contributed by atoms with E-state index in [-0.39, 0.29) is 11.5 Å². The minimum Gasteiger partial charge on any atom is -0.331 e. The summed E-state index contributed by atoms with van der Waals surface area (Å²) >= 11 is 0. The van der Waals surface area contributed by atoms with E-state index < -0.39 is 17.5 Å². The summed E-state index contributed by atoms with van der Waals surface area (Å²) in [6.07, 6.45) is 2.93. The standard InChI is InChI=1S/C10H7F2N3O/c11-7-3-1-2-6(8(7)12)9(16)15-10-13-4-5-14-10/h1-5H,(H2,13,14,15,16). The molecule has 0 aliphatic rings. The molecule has 0 unspecified atom stereocenters. The highest BCUT2D eigenvalue weighted by atomic mass is 19.2. The van der Waals surface area contributed by atoms with Crippen LogP contribution in [0.5, 0.6) is 0 Å². The van der Waals surface area contributed by atoms with E-state index >= 15 is 0 Å². The number of aromatic nitrogens is 2. The number of H-pyrrole nitrogens is 1. The van der Waals surface area contributed by atoms with Crippen LogP contribution in [0.15, 0.2) is 30.6 Å². The summed E-state index contributed by atoms with van der Waals surface area (Å²) in [6.45, 7) is 0. The first kappa shape index (κ1) is 10.3. The van der Waals surface area contributed by atoms with Gasteiger partial charge in [-0.25, -0.2) is 13.8 Å². The number of carbonyl (C=O) groups excluding carboxylic acids is 1. The van der Waals surface area contributed by atoms with Crippen LogP contribution in [-0.4, -0.2) is 15.9 Å². The number of rotatable bonds is 2. The number of nitrogens with one attached hydrogen (secondary N) is 2. The fraction of sp³-hybridized carbons (Fsp3) is 0. The predicted octanol–water partition coefficient (Wildman–Crippen LogP) is 1.94. The van der Waals surface area contributed by atoms with Gasteiger partial charge in [0.2, 0.25) is 5.95 Å². The van der Waals surface area contributed by atoms with E-state index in [1.807, 2.05) is 0 Å². The highest BCUT2D eigenvalue weighted by molar-refractivity contribution is 6.03. The zero-order valence-corrected chi connectivity index (χ0v) is 8.00. The third kappa shape index (κ3) is 1.90. The number of hydrogen-bond acceptors (Lipinski definition) is 2. The summed E-state index contributed by atoms with van der Waals surface area (Å²) in [6, 6.07) is 3.39. The van der Waals surface area contributed by atoms with Crippen LogP contribution < -0.4 is 5.32 Å². The van der Waals surface area contributed by atoms with Gasteiger partial charge in [-0.3, -0.25) is 10.1 Å². The van der Waals surface area contributed by atoms with Gasteiger partial charge in [0.15, 0.2) is 11.6 Å². The Morgan fingerprint density at radius 1 is 1.38 bits per heavy atom. The second-order valence-corrected chi connectivity index (χ2v) is 2.99. The molecule has 0 radical (unpaired) electrons. The monoisotopic (exact) mass is 223 g/mol. The Bertz CT molecular complexity index is 511. The number of aromatic amines is 1. The van der Waals surface area contributed by atoms with E-state index in [1.54, 1.807) is 0 Å². The SMILES string of the molecule is O=C(Nc1ncc[nH]1)c1cccc(F)c1F. The molecule has 0 bridgehead atoms. The Morgan fingerprint density at radius 3 is 2.88 bits per heavy atom. The second kappa shape index (κ2) is 4.09. The summed E-state index contributed by atoms with van der Waals surface area (Å²) in [5, 5.41) is 2.29. The molecule has 4 nitrogen and oxygen atoms in total. The Labute approximate surface area is 89.3 Å². The molecular formula is C10H7F2N3O. The van der Waals surface area contributed by atoms with Crippen molar-refractivity contribution in [3.05, 3.63) is 47.8 Å². The number of amides is 1. The highest BCUT2D eigenvalue weighted by Crippen LogP contribution is 2.12. The molecule has 1 heterocycles. The highest BCUT2D eigenvalue weighted by Gasteiger charge is 2.15. The molecule has 0 aliphatic carbocycles. The normalized spacial score (nSPS) is 10.1. The number of benzene rings is 1. The molecule has 1 aromatic carbocycles. The van der Waals surface area contributed by atoms with Gasteiger partial charge in [-0.2, -0.15) is 0 Å². The van der Waals surface area contributed by atoms with Crippen molar-refractivity contribution < 1.29 is 13.6 Å². The number of anilines is 1. The first-order chi connectivity index (χ1) is 7.68. The maximum Gasteiger partial charge on any atom is 0.261 e. The van der Waals surface area contributed by atoms with Gasteiger partial charge in [-0.1, -0.05) is 6.07 Å². The van der Waals surface area contributed by atoms with Crippen LogP contribution in [0.1, 0.15) is 10.4 Å². The molecule has 82 valence electrons. The third-order valence-electron chi connectivity index (χ3n) is 1.93. The summed E-state index contributed by atoms with van der Waals surface area (Å²) in [5.74, 6) is -2.82. The summed E-state index contributed by atoms with van der Waals surface area (Å²) < 4.78 is 26.1. The average molecular weight is 223 g/mol. The third-order valence-corrected chi connectivity index (χ3v) is 1.93. The van der Waals surface area contributed by atoms with Gasteiger partial charge in [0, 0.05) is 12.4 Å². The van der Waals surface area contributed by atoms with Gasteiger partial charge in [0.1, 0.15) is 0 Å². The zero-order valence-electron chi connectivity index (χ0n) is 8.00. The first-order valence-corrected chi connectivity index (χ1v) is 4.43. The van der Waals surface area contributed by atoms with Crippen LogP contribution in [-0.2, 0) is 0 Å². The van der Waals surface area contributed by atoms with Crippen molar-refractivity contribution >= 4 is 11.9 Å².